The van der Waals surface area contributed by atoms with Crippen molar-refractivity contribution in [3.05, 3.63) is 269 Å². The van der Waals surface area contributed by atoms with E-state index in [4.69, 9.17) is 0 Å². The SMILES string of the molecule is Cc1cc(N2c3cc(N(c4ccc(C(C)(C)C)cc4)c4ccc5c6ccccc6n(-c6ccccc6)c5c4)ccc3B3c4cc(C(C)(C)C)ccc4N(c4ccc(C(C)(C)C)cc4)c4cc(C(C)(C)C)cc2c43)cc(C)c1-c1ccc2c(c1)C(C)(C)c1ccccc1-2. The molecule has 12 aromatic rings. The number of fused-ring (bicyclic) bond motifs is 10. The van der Waals surface area contributed by atoms with Crippen LogP contribution in [0.1, 0.15) is 141 Å². The lowest BCUT2D eigenvalue weighted by atomic mass is 9.33. The molecule has 0 saturated heterocycles. The fraction of sp³-hybridized carbons (Fsp3) is 0.241. The zero-order valence-electron chi connectivity index (χ0n) is 56.7. The van der Waals surface area contributed by atoms with Crippen LogP contribution in [0.15, 0.2) is 224 Å². The Hall–Kier alpha value is -9.32. The smallest absolute Gasteiger partial charge is 0.252 e. The van der Waals surface area contributed by atoms with Gasteiger partial charge >= 0.3 is 0 Å². The third kappa shape index (κ3) is 9.46. The highest BCUT2D eigenvalue weighted by Gasteiger charge is 2.45. The molecule has 0 atom stereocenters. The van der Waals surface area contributed by atoms with E-state index in [0.717, 1.165) is 39.6 Å². The molecule has 0 N–H and O–H groups in total. The van der Waals surface area contributed by atoms with E-state index in [0.29, 0.717) is 0 Å². The second kappa shape index (κ2) is 20.9. The van der Waals surface area contributed by atoms with Crippen molar-refractivity contribution >= 4 is 96.1 Å². The number of para-hydroxylation sites is 2. The molecule has 92 heavy (non-hydrogen) atoms. The summed E-state index contributed by atoms with van der Waals surface area (Å²) in [6, 6.07) is 86.7. The molecule has 0 unspecified atom stereocenters. The van der Waals surface area contributed by atoms with Gasteiger partial charge in [-0.1, -0.05) is 218 Å². The predicted molar refractivity (Wildman–Crippen MR) is 397 cm³/mol. The third-order valence-corrected chi connectivity index (χ3v) is 20.6. The molecule has 456 valence electrons. The van der Waals surface area contributed by atoms with Gasteiger partial charge in [-0.25, -0.2) is 0 Å². The summed E-state index contributed by atoms with van der Waals surface area (Å²) in [7, 11) is 0. The van der Waals surface area contributed by atoms with Gasteiger partial charge in [-0.3, -0.25) is 0 Å². The minimum Gasteiger partial charge on any atom is -0.311 e. The van der Waals surface area contributed by atoms with Crippen LogP contribution in [0.3, 0.4) is 0 Å². The Balaban J connectivity index is 1.01. The summed E-state index contributed by atoms with van der Waals surface area (Å²) >= 11 is 0. The largest absolute Gasteiger partial charge is 0.311 e. The monoisotopic (exact) mass is 1200 g/mol. The highest BCUT2D eigenvalue weighted by atomic mass is 15.2. The van der Waals surface area contributed by atoms with Crippen LogP contribution in [-0.4, -0.2) is 11.3 Å². The third-order valence-electron chi connectivity index (χ3n) is 20.6. The first-order valence-electron chi connectivity index (χ1n) is 33.3. The molecule has 5 heteroatoms. The van der Waals surface area contributed by atoms with Crippen LogP contribution in [-0.2, 0) is 27.1 Å². The Morgan fingerprint density at radius 3 is 1.57 bits per heavy atom. The van der Waals surface area contributed by atoms with E-state index in [1.54, 1.807) is 0 Å². The van der Waals surface area contributed by atoms with E-state index in [9.17, 15) is 0 Å². The summed E-state index contributed by atoms with van der Waals surface area (Å²) < 4.78 is 2.44. The summed E-state index contributed by atoms with van der Waals surface area (Å²) in [5, 5.41) is 2.46. The van der Waals surface area contributed by atoms with Crippen LogP contribution in [0.2, 0.25) is 0 Å². The van der Waals surface area contributed by atoms with Crippen molar-refractivity contribution in [3.8, 4) is 27.9 Å². The fourth-order valence-electron chi connectivity index (χ4n) is 15.6. The second-order valence-corrected chi connectivity index (χ2v) is 31.3. The lowest BCUT2D eigenvalue weighted by Crippen LogP contribution is -2.61. The molecule has 0 amide bonds. The Morgan fingerprint density at radius 1 is 0.359 bits per heavy atom. The molecule has 4 nitrogen and oxygen atoms in total. The van der Waals surface area contributed by atoms with Crippen molar-refractivity contribution in [2.75, 3.05) is 14.7 Å². The first-order valence-corrected chi connectivity index (χ1v) is 33.3. The molecule has 0 bridgehead atoms. The Labute approximate surface area is 546 Å². The maximum absolute atomic E-state index is 2.66. The van der Waals surface area contributed by atoms with E-state index in [-0.39, 0.29) is 33.8 Å². The second-order valence-electron chi connectivity index (χ2n) is 31.3. The minimum atomic E-state index is -0.194. The number of aromatic nitrogens is 1. The molecule has 3 heterocycles. The van der Waals surface area contributed by atoms with Gasteiger partial charge in [-0.05, 0) is 222 Å². The molecule has 3 aliphatic rings. The van der Waals surface area contributed by atoms with Gasteiger partial charge in [-0.2, -0.15) is 0 Å². The molecule has 0 spiro atoms. The summed E-state index contributed by atoms with van der Waals surface area (Å²) in [6.07, 6.45) is 0. The van der Waals surface area contributed by atoms with Gasteiger partial charge in [0, 0.05) is 73.1 Å². The van der Waals surface area contributed by atoms with Gasteiger partial charge in [0.15, 0.2) is 0 Å². The number of hydrogen-bond donors (Lipinski definition) is 0. The van der Waals surface area contributed by atoms with Crippen molar-refractivity contribution in [3.63, 3.8) is 0 Å². The Morgan fingerprint density at radius 2 is 0.902 bits per heavy atom. The maximum Gasteiger partial charge on any atom is 0.252 e. The van der Waals surface area contributed by atoms with Crippen molar-refractivity contribution in [2.24, 2.45) is 0 Å². The van der Waals surface area contributed by atoms with Crippen LogP contribution < -0.4 is 31.1 Å². The normalized spacial score (nSPS) is 14.1. The first-order chi connectivity index (χ1) is 43.7. The Bertz CT molecular complexity index is 4930. The quantitative estimate of drug-likeness (QED) is 0.148. The van der Waals surface area contributed by atoms with Gasteiger partial charge < -0.3 is 19.3 Å². The zero-order valence-corrected chi connectivity index (χ0v) is 56.7. The molecule has 15 rings (SSSR count). The van der Waals surface area contributed by atoms with Crippen LogP contribution in [0.5, 0.6) is 0 Å². The molecule has 11 aromatic carbocycles. The van der Waals surface area contributed by atoms with Crippen LogP contribution in [0, 0.1) is 13.8 Å². The number of anilines is 9. The lowest BCUT2D eigenvalue weighted by Gasteiger charge is -2.46. The van der Waals surface area contributed by atoms with Gasteiger partial charge in [0.25, 0.3) is 6.71 Å². The lowest BCUT2D eigenvalue weighted by molar-refractivity contribution is 0.589. The van der Waals surface area contributed by atoms with Gasteiger partial charge in [0.1, 0.15) is 0 Å². The van der Waals surface area contributed by atoms with Gasteiger partial charge in [0.2, 0.25) is 0 Å². The van der Waals surface area contributed by atoms with Crippen molar-refractivity contribution < 1.29 is 0 Å². The summed E-state index contributed by atoms with van der Waals surface area (Å²) in [6.45, 7) is 37.4. The van der Waals surface area contributed by atoms with E-state index < -0.39 is 0 Å². The minimum absolute atomic E-state index is 0.00852. The summed E-state index contributed by atoms with van der Waals surface area (Å²) in [5.41, 5.74) is 33.2. The number of rotatable bonds is 7. The Kier molecular flexibility index (Phi) is 13.4. The standard InChI is InChI=1S/C87H85BN4/c1-54-46-66(47-55(2)81(54)56-30-42-68-67-26-20-22-28-71(67)87(15,16)72(68)48-56)92-78-53-65(89(62-36-31-57(32-37-62)83(3,4)5)64-40-43-70-69-27-21-23-29-75(69)90(77(70)52-64)61-24-18-17-19-25-61)41-44-73(78)88-74-49-59(85(9,10)11)35-45-76(74)91(63-38-33-58(34-39-63)84(6,7)8)79-50-60(86(12,13)14)51-80(92)82(79)88/h17-53H,1-16H3. The van der Waals surface area contributed by atoms with E-state index >= 15 is 0 Å². The number of nitrogens with zero attached hydrogens (tertiary/aromatic N) is 4. The maximum atomic E-state index is 2.66. The van der Waals surface area contributed by atoms with E-state index in [2.05, 4.69) is 355 Å². The van der Waals surface area contributed by atoms with E-state index in [1.165, 1.54) is 122 Å². The molecule has 2 aliphatic heterocycles. The van der Waals surface area contributed by atoms with Crippen LogP contribution >= 0.6 is 0 Å². The molecule has 0 saturated carbocycles. The average Bonchev–Trinajstić information content (AvgIpc) is 0.938. The van der Waals surface area contributed by atoms with Gasteiger partial charge in [0.05, 0.1) is 11.0 Å². The average molecular weight is 1200 g/mol. The highest BCUT2D eigenvalue weighted by molar-refractivity contribution is 7.00. The molecule has 0 radical (unpaired) electrons. The number of benzene rings is 11. The fourth-order valence-corrected chi connectivity index (χ4v) is 15.6. The van der Waals surface area contributed by atoms with Crippen LogP contribution in [0.4, 0.5) is 51.2 Å². The molecular formula is C87H85BN4. The molecule has 1 aliphatic carbocycles. The zero-order chi connectivity index (χ0) is 64.3. The van der Waals surface area contributed by atoms with Crippen molar-refractivity contribution in [1.82, 2.24) is 4.57 Å². The van der Waals surface area contributed by atoms with Crippen LogP contribution in [0.25, 0.3) is 49.7 Å². The predicted octanol–water partition coefficient (Wildman–Crippen LogP) is 22.1. The van der Waals surface area contributed by atoms with Gasteiger partial charge in [-0.15, -0.1) is 0 Å². The number of hydrogen-bond acceptors (Lipinski definition) is 3. The highest BCUT2D eigenvalue weighted by Crippen LogP contribution is 2.53. The van der Waals surface area contributed by atoms with Crippen molar-refractivity contribution in [1.29, 1.82) is 0 Å². The molecule has 1 aromatic heterocycles. The number of aryl methyl sites for hydroxylation is 2. The molecule has 0 fully saturated rings. The van der Waals surface area contributed by atoms with E-state index in [1.807, 2.05) is 0 Å². The van der Waals surface area contributed by atoms with Crippen molar-refractivity contribution in [2.45, 2.75) is 138 Å². The molecular weight excluding hydrogens is 1110 g/mol. The summed E-state index contributed by atoms with van der Waals surface area (Å²) in [5.74, 6) is 0. The first kappa shape index (κ1) is 59.0. The topological polar surface area (TPSA) is 14.7 Å². The summed E-state index contributed by atoms with van der Waals surface area (Å²) in [4.78, 5) is 7.76.